The zero-order chi connectivity index (χ0) is 22.9. The number of non-ortho nitro benzene ring substituents is 1. The molecule has 0 unspecified atom stereocenters. The van der Waals surface area contributed by atoms with E-state index in [2.05, 4.69) is 4.98 Å². The van der Waals surface area contributed by atoms with Gasteiger partial charge in [0.2, 0.25) is 0 Å². The van der Waals surface area contributed by atoms with E-state index in [9.17, 15) is 23.3 Å². The number of nitrogens with zero attached hydrogens (tertiary/aromatic N) is 4. The molecular formula is C18H13Cl2F3N6O2. The molecule has 3 rings (SSSR count). The van der Waals surface area contributed by atoms with E-state index in [4.69, 9.17) is 34.8 Å². The summed E-state index contributed by atoms with van der Waals surface area (Å²) >= 11 is 12.1. The van der Waals surface area contributed by atoms with Gasteiger partial charge in [0.05, 0.1) is 33.3 Å². The van der Waals surface area contributed by atoms with Crippen LogP contribution in [-0.4, -0.2) is 14.5 Å². The Morgan fingerprint density at radius 2 is 1.87 bits per heavy atom. The number of hydrazine groups is 1. The zero-order valence-electron chi connectivity index (χ0n) is 15.3. The number of halogens is 5. The van der Waals surface area contributed by atoms with Crippen LogP contribution in [0.1, 0.15) is 11.3 Å². The van der Waals surface area contributed by atoms with Gasteiger partial charge in [0.1, 0.15) is 0 Å². The van der Waals surface area contributed by atoms with Crippen molar-refractivity contribution >= 4 is 40.3 Å². The van der Waals surface area contributed by atoms with Crippen LogP contribution in [0.3, 0.4) is 0 Å². The van der Waals surface area contributed by atoms with Gasteiger partial charge in [-0.15, -0.1) is 0 Å². The number of hydrogen-bond acceptors (Lipinski definition) is 6. The third-order valence-corrected chi connectivity index (χ3v) is 4.73. The molecule has 162 valence electrons. The number of hydrogen-bond donors (Lipinski definition) is 2. The maximum atomic E-state index is 13.0. The number of alkyl halides is 3. The Kier molecular flexibility index (Phi) is 6.11. The molecule has 0 saturated carbocycles. The van der Waals surface area contributed by atoms with Crippen molar-refractivity contribution in [3.8, 4) is 5.69 Å². The van der Waals surface area contributed by atoms with E-state index < -0.39 is 22.5 Å². The van der Waals surface area contributed by atoms with Crippen molar-refractivity contribution in [3.05, 3.63) is 86.5 Å². The van der Waals surface area contributed by atoms with Crippen molar-refractivity contribution in [2.24, 2.45) is 11.6 Å². The molecule has 0 aliphatic heterocycles. The molecule has 0 atom stereocenters. The summed E-state index contributed by atoms with van der Waals surface area (Å²) < 4.78 is 40.0. The standard InChI is InChI=1S/C18H13Cl2F3N6O2/c19-11-3-1-10(2-4-11)15(7-24)28(25)14-6-12(29(30)31)5-13(20)17(14)27-8-16(26-9-27)18(21,22)23/h1-9H,24-25H2/b15-7-. The van der Waals surface area contributed by atoms with Crippen LogP contribution in [0.2, 0.25) is 10.0 Å². The summed E-state index contributed by atoms with van der Waals surface area (Å²) in [4.78, 5) is 13.9. The first-order chi connectivity index (χ1) is 14.5. The lowest BCUT2D eigenvalue weighted by atomic mass is 10.1. The minimum absolute atomic E-state index is 0.0638. The van der Waals surface area contributed by atoms with Crippen molar-refractivity contribution < 1.29 is 18.1 Å². The third-order valence-electron chi connectivity index (χ3n) is 4.19. The average molecular weight is 473 g/mol. The van der Waals surface area contributed by atoms with Crippen molar-refractivity contribution in [3.63, 3.8) is 0 Å². The summed E-state index contributed by atoms with van der Waals surface area (Å²) in [7, 11) is 0. The highest BCUT2D eigenvalue weighted by atomic mass is 35.5. The lowest BCUT2D eigenvalue weighted by molar-refractivity contribution is -0.384. The van der Waals surface area contributed by atoms with Crippen molar-refractivity contribution in [2.45, 2.75) is 6.18 Å². The highest BCUT2D eigenvalue weighted by molar-refractivity contribution is 6.33. The SMILES string of the molecule is N/C=C(/c1ccc(Cl)cc1)N(N)c1cc([N+](=O)[O-])cc(Cl)c1-n1cnc(C(F)(F)F)c1. The van der Waals surface area contributed by atoms with Gasteiger partial charge in [0.25, 0.3) is 5.69 Å². The van der Waals surface area contributed by atoms with Crippen LogP contribution >= 0.6 is 23.2 Å². The predicted octanol–water partition coefficient (Wildman–Crippen LogP) is 4.74. The Labute approximate surface area is 183 Å². The molecule has 4 N–H and O–H groups in total. The van der Waals surface area contributed by atoms with Crippen LogP contribution in [0, 0.1) is 10.1 Å². The second-order valence-corrected chi connectivity index (χ2v) is 6.99. The molecule has 0 fully saturated rings. The second kappa shape index (κ2) is 8.46. The minimum Gasteiger partial charge on any atom is -0.403 e. The van der Waals surface area contributed by atoms with Gasteiger partial charge in [-0.25, -0.2) is 10.8 Å². The Morgan fingerprint density at radius 1 is 1.23 bits per heavy atom. The molecule has 13 heteroatoms. The van der Waals surface area contributed by atoms with Crippen LogP contribution in [0.4, 0.5) is 24.5 Å². The molecule has 0 spiro atoms. The Hall–Kier alpha value is -3.28. The maximum Gasteiger partial charge on any atom is 0.434 e. The molecule has 1 heterocycles. The van der Waals surface area contributed by atoms with Crippen LogP contribution in [0.15, 0.2) is 55.1 Å². The van der Waals surface area contributed by atoms with E-state index in [1.165, 1.54) is 0 Å². The Morgan fingerprint density at radius 3 is 2.39 bits per heavy atom. The van der Waals surface area contributed by atoms with E-state index in [-0.39, 0.29) is 22.1 Å². The van der Waals surface area contributed by atoms with Crippen LogP contribution in [-0.2, 0) is 6.18 Å². The monoisotopic (exact) mass is 472 g/mol. The fourth-order valence-electron chi connectivity index (χ4n) is 2.77. The normalized spacial score (nSPS) is 12.1. The lowest BCUT2D eigenvalue weighted by Gasteiger charge is -2.25. The van der Waals surface area contributed by atoms with E-state index in [0.717, 1.165) is 34.2 Å². The van der Waals surface area contributed by atoms with Crippen molar-refractivity contribution in [1.82, 2.24) is 9.55 Å². The predicted molar refractivity (Wildman–Crippen MR) is 111 cm³/mol. The Balaban J connectivity index is 2.20. The van der Waals surface area contributed by atoms with Gasteiger partial charge in [0.15, 0.2) is 5.69 Å². The average Bonchev–Trinajstić information content (AvgIpc) is 3.19. The van der Waals surface area contributed by atoms with Gasteiger partial charge in [-0.05, 0) is 12.1 Å². The number of benzene rings is 2. The van der Waals surface area contributed by atoms with E-state index in [1.807, 2.05) is 0 Å². The van der Waals surface area contributed by atoms with Gasteiger partial charge in [-0.1, -0.05) is 35.3 Å². The van der Waals surface area contributed by atoms with Crippen molar-refractivity contribution in [2.75, 3.05) is 5.01 Å². The highest BCUT2D eigenvalue weighted by Crippen LogP contribution is 2.38. The first-order valence-corrected chi connectivity index (χ1v) is 9.10. The fraction of sp³-hybridized carbons (Fsp3) is 0.0556. The van der Waals surface area contributed by atoms with Gasteiger partial charge >= 0.3 is 6.18 Å². The number of imidazole rings is 1. The number of nitrogens with two attached hydrogens (primary N) is 2. The summed E-state index contributed by atoms with van der Waals surface area (Å²) in [5.74, 6) is 6.20. The first kappa shape index (κ1) is 22.4. The smallest absolute Gasteiger partial charge is 0.403 e. The number of aromatic nitrogens is 2. The number of nitro benzene ring substituents is 1. The molecule has 2 aromatic carbocycles. The van der Waals surface area contributed by atoms with Crippen molar-refractivity contribution in [1.29, 1.82) is 0 Å². The Bertz CT molecular complexity index is 1160. The molecular weight excluding hydrogens is 460 g/mol. The van der Waals surface area contributed by atoms with Gasteiger partial charge in [-0.2, -0.15) is 13.2 Å². The molecule has 3 aromatic rings. The topological polar surface area (TPSA) is 116 Å². The maximum absolute atomic E-state index is 13.0. The fourth-order valence-corrected chi connectivity index (χ4v) is 3.20. The number of rotatable bonds is 5. The first-order valence-electron chi connectivity index (χ1n) is 8.35. The summed E-state index contributed by atoms with van der Waals surface area (Å²) in [5.41, 5.74) is 4.64. The highest BCUT2D eigenvalue weighted by Gasteiger charge is 2.34. The van der Waals surface area contributed by atoms with E-state index in [1.54, 1.807) is 24.3 Å². The molecule has 0 aliphatic carbocycles. The van der Waals surface area contributed by atoms with Crippen LogP contribution in [0.25, 0.3) is 11.4 Å². The van der Waals surface area contributed by atoms with Crippen LogP contribution < -0.4 is 16.6 Å². The summed E-state index contributed by atoms with van der Waals surface area (Å²) in [6.07, 6.45) is -2.00. The van der Waals surface area contributed by atoms with E-state index >= 15 is 0 Å². The molecule has 8 nitrogen and oxygen atoms in total. The van der Waals surface area contributed by atoms with E-state index in [0.29, 0.717) is 16.8 Å². The molecule has 0 amide bonds. The summed E-state index contributed by atoms with van der Waals surface area (Å²) in [5, 5.41) is 12.5. The molecule has 0 aliphatic rings. The molecule has 0 radical (unpaired) electrons. The minimum atomic E-state index is -4.70. The van der Waals surface area contributed by atoms with Gasteiger partial charge in [0, 0.05) is 35.1 Å². The third kappa shape index (κ3) is 4.58. The largest absolute Gasteiger partial charge is 0.434 e. The van der Waals surface area contributed by atoms with Gasteiger partial charge < -0.3 is 10.3 Å². The lowest BCUT2D eigenvalue weighted by Crippen LogP contribution is -2.31. The summed E-state index contributed by atoms with van der Waals surface area (Å²) in [6, 6.07) is 8.39. The van der Waals surface area contributed by atoms with Gasteiger partial charge in [-0.3, -0.25) is 15.1 Å². The zero-order valence-corrected chi connectivity index (χ0v) is 16.9. The second-order valence-electron chi connectivity index (χ2n) is 6.15. The number of anilines is 1. The molecule has 0 bridgehead atoms. The molecule has 1 aromatic heterocycles. The number of nitro groups is 1. The molecule has 31 heavy (non-hydrogen) atoms. The quantitative estimate of drug-likeness (QED) is 0.314. The summed E-state index contributed by atoms with van der Waals surface area (Å²) in [6.45, 7) is 0. The molecule has 0 saturated heterocycles. The van der Waals surface area contributed by atoms with Crippen LogP contribution in [0.5, 0.6) is 0 Å².